The van der Waals surface area contributed by atoms with Gasteiger partial charge in [-0.25, -0.2) is 0 Å². The van der Waals surface area contributed by atoms with Crippen LogP contribution in [0.1, 0.15) is 16.7 Å². The number of thiol groups is 1. The van der Waals surface area contributed by atoms with Crippen molar-refractivity contribution in [1.29, 1.82) is 0 Å². The van der Waals surface area contributed by atoms with Crippen LogP contribution in [-0.2, 0) is 4.75 Å². The van der Waals surface area contributed by atoms with E-state index in [0.717, 1.165) is 33.9 Å². The highest BCUT2D eigenvalue weighted by Gasteiger charge is 2.40. The molecule has 1 aliphatic rings. The number of para-hydroxylation sites is 2. The number of rotatable bonds is 2. The Balaban J connectivity index is 1.98. The van der Waals surface area contributed by atoms with Gasteiger partial charge in [-0.3, -0.25) is 0 Å². The molecule has 0 N–H and O–H groups in total. The van der Waals surface area contributed by atoms with Gasteiger partial charge in [0.15, 0.2) is 0 Å². The third kappa shape index (κ3) is 2.12. The van der Waals surface area contributed by atoms with E-state index in [1.165, 1.54) is 0 Å². The number of ether oxygens (including phenoxy) is 2. The quantitative estimate of drug-likeness (QED) is 0.668. The molecular formula is C20H16O2S. The van der Waals surface area contributed by atoms with E-state index in [1.54, 1.807) is 7.11 Å². The predicted octanol–water partition coefficient (Wildman–Crippen LogP) is 5.02. The maximum Gasteiger partial charge on any atom is 0.132 e. The van der Waals surface area contributed by atoms with Crippen LogP contribution >= 0.6 is 12.6 Å². The molecule has 2 nitrogen and oxygen atoms in total. The Kier molecular flexibility index (Phi) is 3.31. The molecule has 0 bridgehead atoms. The molecule has 114 valence electrons. The summed E-state index contributed by atoms with van der Waals surface area (Å²) in [4.78, 5) is 0. The topological polar surface area (TPSA) is 18.5 Å². The standard InChI is InChI=1S/C20H16O2S/c1-21-15-12-10-14(11-13-15)20(23)16-6-2-4-8-18(16)22-19-9-5-3-7-17(19)20/h2-13,23H,1H3. The largest absolute Gasteiger partial charge is 0.497 e. The van der Waals surface area contributed by atoms with E-state index in [-0.39, 0.29) is 0 Å². The molecule has 0 spiro atoms. The van der Waals surface area contributed by atoms with E-state index in [4.69, 9.17) is 22.1 Å². The fourth-order valence-electron chi connectivity index (χ4n) is 3.12. The molecule has 3 aromatic rings. The van der Waals surface area contributed by atoms with Crippen LogP contribution in [0.4, 0.5) is 0 Å². The molecule has 0 amide bonds. The normalized spacial score (nSPS) is 14.3. The maximum absolute atomic E-state index is 6.07. The van der Waals surface area contributed by atoms with Gasteiger partial charge in [-0.1, -0.05) is 48.5 Å². The molecule has 3 aromatic carbocycles. The summed E-state index contributed by atoms with van der Waals surface area (Å²) in [5.41, 5.74) is 3.18. The fourth-order valence-corrected chi connectivity index (χ4v) is 3.63. The molecule has 0 atom stereocenters. The van der Waals surface area contributed by atoms with Crippen molar-refractivity contribution in [3.63, 3.8) is 0 Å². The molecule has 0 radical (unpaired) electrons. The van der Waals surface area contributed by atoms with Crippen molar-refractivity contribution in [3.8, 4) is 17.2 Å². The second-order valence-electron chi connectivity index (χ2n) is 5.53. The Morgan fingerprint density at radius 1 is 0.783 bits per heavy atom. The number of hydrogen-bond acceptors (Lipinski definition) is 3. The van der Waals surface area contributed by atoms with Gasteiger partial charge < -0.3 is 9.47 Å². The molecule has 0 fully saturated rings. The van der Waals surface area contributed by atoms with Crippen molar-refractivity contribution < 1.29 is 9.47 Å². The molecule has 1 heterocycles. The van der Waals surface area contributed by atoms with Gasteiger partial charge in [0.25, 0.3) is 0 Å². The summed E-state index contributed by atoms with van der Waals surface area (Å²) in [7, 11) is 1.67. The van der Waals surface area contributed by atoms with E-state index < -0.39 is 4.75 Å². The second-order valence-corrected chi connectivity index (χ2v) is 6.20. The molecule has 0 saturated carbocycles. The molecule has 1 aliphatic heterocycles. The average Bonchev–Trinajstić information content (AvgIpc) is 2.62. The predicted molar refractivity (Wildman–Crippen MR) is 94.8 cm³/mol. The number of methoxy groups -OCH3 is 1. The van der Waals surface area contributed by atoms with Crippen molar-refractivity contribution in [2.75, 3.05) is 7.11 Å². The van der Waals surface area contributed by atoms with Crippen LogP contribution in [0.3, 0.4) is 0 Å². The van der Waals surface area contributed by atoms with Gasteiger partial charge in [-0.15, -0.1) is 0 Å². The van der Waals surface area contributed by atoms with E-state index in [1.807, 2.05) is 48.5 Å². The van der Waals surface area contributed by atoms with Crippen LogP contribution < -0.4 is 9.47 Å². The lowest BCUT2D eigenvalue weighted by molar-refractivity contribution is 0.414. The Bertz CT molecular complexity index is 810. The van der Waals surface area contributed by atoms with Crippen LogP contribution in [0.15, 0.2) is 72.8 Å². The van der Waals surface area contributed by atoms with Gasteiger partial charge in [0.05, 0.1) is 11.9 Å². The minimum absolute atomic E-state index is 0.558. The van der Waals surface area contributed by atoms with Gasteiger partial charge in [0.2, 0.25) is 0 Å². The Hall–Kier alpha value is -2.39. The van der Waals surface area contributed by atoms with E-state index in [9.17, 15) is 0 Å². The monoisotopic (exact) mass is 320 g/mol. The van der Waals surface area contributed by atoms with E-state index in [2.05, 4.69) is 24.3 Å². The molecule has 4 rings (SSSR count). The van der Waals surface area contributed by atoms with Gasteiger partial charge in [0, 0.05) is 11.1 Å². The third-order valence-corrected chi connectivity index (χ3v) is 5.02. The molecule has 0 aromatic heterocycles. The highest BCUT2D eigenvalue weighted by Crippen LogP contribution is 2.53. The van der Waals surface area contributed by atoms with E-state index >= 15 is 0 Å². The fraction of sp³-hybridized carbons (Fsp3) is 0.100. The summed E-state index contributed by atoms with van der Waals surface area (Å²) in [5, 5.41) is 0. The van der Waals surface area contributed by atoms with Crippen LogP contribution in [0.2, 0.25) is 0 Å². The summed E-state index contributed by atoms with van der Waals surface area (Å²) in [6.45, 7) is 0. The van der Waals surface area contributed by atoms with Crippen molar-refractivity contribution in [3.05, 3.63) is 89.5 Å². The van der Waals surface area contributed by atoms with Crippen LogP contribution in [0.25, 0.3) is 0 Å². The number of benzene rings is 3. The summed E-state index contributed by atoms with van der Waals surface area (Å²) >= 11 is 5.14. The third-order valence-electron chi connectivity index (χ3n) is 4.28. The van der Waals surface area contributed by atoms with Crippen molar-refractivity contribution in [1.82, 2.24) is 0 Å². The molecule has 0 unspecified atom stereocenters. The van der Waals surface area contributed by atoms with Gasteiger partial charge in [0.1, 0.15) is 17.2 Å². The SMILES string of the molecule is COc1ccc(C2(S)c3ccccc3Oc3ccccc32)cc1. The van der Waals surface area contributed by atoms with Crippen LogP contribution in [0, 0.1) is 0 Å². The van der Waals surface area contributed by atoms with Crippen molar-refractivity contribution >= 4 is 12.6 Å². The van der Waals surface area contributed by atoms with Crippen molar-refractivity contribution in [2.24, 2.45) is 0 Å². The van der Waals surface area contributed by atoms with Gasteiger partial charge in [-0.05, 0) is 29.8 Å². The second kappa shape index (κ2) is 5.36. The summed E-state index contributed by atoms with van der Waals surface area (Å²) in [5.74, 6) is 2.52. The smallest absolute Gasteiger partial charge is 0.132 e. The summed E-state index contributed by atoms with van der Waals surface area (Å²) in [6.07, 6.45) is 0. The molecule has 23 heavy (non-hydrogen) atoms. The van der Waals surface area contributed by atoms with Gasteiger partial charge >= 0.3 is 0 Å². The zero-order valence-corrected chi connectivity index (χ0v) is 13.6. The Morgan fingerprint density at radius 2 is 1.30 bits per heavy atom. The summed E-state index contributed by atoms with van der Waals surface area (Å²) in [6, 6.07) is 24.2. The van der Waals surface area contributed by atoms with Crippen LogP contribution in [-0.4, -0.2) is 7.11 Å². The summed E-state index contributed by atoms with van der Waals surface area (Å²) < 4.78 is 10.8. The first-order valence-electron chi connectivity index (χ1n) is 7.47. The maximum atomic E-state index is 6.07. The first-order valence-corrected chi connectivity index (χ1v) is 7.92. The lowest BCUT2D eigenvalue weighted by Gasteiger charge is -2.37. The lowest BCUT2D eigenvalue weighted by atomic mass is 9.81. The molecule has 0 saturated heterocycles. The first kappa shape index (κ1) is 14.2. The highest BCUT2D eigenvalue weighted by atomic mass is 32.1. The first-order chi connectivity index (χ1) is 11.2. The minimum Gasteiger partial charge on any atom is -0.497 e. The molecule has 3 heteroatoms. The minimum atomic E-state index is -0.558. The molecular weight excluding hydrogens is 304 g/mol. The lowest BCUT2D eigenvalue weighted by Crippen LogP contribution is -2.26. The van der Waals surface area contributed by atoms with E-state index in [0.29, 0.717) is 0 Å². The zero-order valence-electron chi connectivity index (χ0n) is 12.7. The zero-order chi connectivity index (χ0) is 15.9. The highest BCUT2D eigenvalue weighted by molar-refractivity contribution is 7.81. The van der Waals surface area contributed by atoms with Gasteiger partial charge in [-0.2, -0.15) is 12.6 Å². The molecule has 0 aliphatic carbocycles. The average molecular weight is 320 g/mol. The van der Waals surface area contributed by atoms with Crippen molar-refractivity contribution in [2.45, 2.75) is 4.75 Å². The Labute approximate surface area is 141 Å². The van der Waals surface area contributed by atoms with Crippen LogP contribution in [0.5, 0.6) is 17.2 Å². The number of hydrogen-bond donors (Lipinski definition) is 1. The Morgan fingerprint density at radius 3 is 1.83 bits per heavy atom. The number of fused-ring (bicyclic) bond motifs is 2.